The lowest BCUT2D eigenvalue weighted by Crippen LogP contribution is -2.59. The molecule has 1 spiro atoms. The minimum atomic E-state index is -0.333. The van der Waals surface area contributed by atoms with Gasteiger partial charge >= 0.3 is 0 Å². The number of piperidine rings is 1. The molecule has 2 amide bonds. The molecule has 3 rings (SSSR count). The third-order valence-corrected chi connectivity index (χ3v) is 7.20. The zero-order valence-electron chi connectivity index (χ0n) is 18.0. The number of carbonyl (C=O) groups excluding carboxylic acids is 2. The second-order valence-electron chi connectivity index (χ2n) is 8.26. The summed E-state index contributed by atoms with van der Waals surface area (Å²) < 4.78 is 0. The van der Waals surface area contributed by atoms with E-state index in [2.05, 4.69) is 42.5 Å². The topological polar surface area (TPSA) is 52.7 Å². The summed E-state index contributed by atoms with van der Waals surface area (Å²) in [6, 6.07) is 10.1. The first-order valence-corrected chi connectivity index (χ1v) is 12.3. The average molecular weight is 418 g/mol. The molecule has 1 aromatic rings. The minimum absolute atomic E-state index is 0.118. The van der Waals surface area contributed by atoms with Crippen molar-refractivity contribution in [3.8, 4) is 0 Å². The second kappa shape index (κ2) is 9.98. The van der Waals surface area contributed by atoms with Crippen molar-refractivity contribution in [2.75, 3.05) is 25.1 Å². The highest BCUT2D eigenvalue weighted by atomic mass is 32.2. The van der Waals surface area contributed by atoms with E-state index in [4.69, 9.17) is 0 Å². The third kappa shape index (κ3) is 4.80. The van der Waals surface area contributed by atoms with E-state index in [1.54, 1.807) is 11.8 Å². The predicted molar refractivity (Wildman–Crippen MR) is 120 cm³/mol. The number of hydrogen-bond donors (Lipinski definition) is 1. The molecule has 2 aliphatic rings. The molecule has 6 heteroatoms. The van der Waals surface area contributed by atoms with Crippen molar-refractivity contribution in [1.82, 2.24) is 15.1 Å². The Balaban J connectivity index is 1.75. The second-order valence-corrected chi connectivity index (χ2v) is 9.24. The molecule has 2 aliphatic heterocycles. The number of nitrogens with one attached hydrogen (secondary N) is 1. The Kier molecular flexibility index (Phi) is 7.63. The molecule has 160 valence electrons. The number of amides is 2. The van der Waals surface area contributed by atoms with Gasteiger partial charge < -0.3 is 9.80 Å². The molecular weight excluding hydrogens is 382 g/mol. The van der Waals surface area contributed by atoms with Gasteiger partial charge in [-0.2, -0.15) is 11.8 Å². The van der Waals surface area contributed by atoms with Crippen LogP contribution in [0.5, 0.6) is 0 Å². The fourth-order valence-corrected chi connectivity index (χ4v) is 5.17. The maximum atomic E-state index is 13.3. The van der Waals surface area contributed by atoms with Crippen LogP contribution in [0.3, 0.4) is 0 Å². The lowest BCUT2D eigenvalue weighted by molar-refractivity contribution is -0.140. The molecule has 0 bridgehead atoms. The lowest BCUT2D eigenvalue weighted by atomic mass is 9.93. The number of benzene rings is 1. The van der Waals surface area contributed by atoms with Crippen LogP contribution in [0.25, 0.3) is 0 Å². The highest BCUT2D eigenvalue weighted by molar-refractivity contribution is 7.98. The number of likely N-dealkylation sites (tertiary alicyclic amines) is 1. The van der Waals surface area contributed by atoms with Gasteiger partial charge in [-0.15, -0.1) is 0 Å². The summed E-state index contributed by atoms with van der Waals surface area (Å²) in [6.07, 6.45) is 6.32. The fraction of sp³-hybridized carbons (Fsp3) is 0.652. The zero-order valence-corrected chi connectivity index (χ0v) is 18.8. The minimum Gasteiger partial charge on any atom is -0.342 e. The van der Waals surface area contributed by atoms with Gasteiger partial charge in [0.15, 0.2) is 0 Å². The number of nitrogens with zero attached hydrogens (tertiary/aromatic N) is 2. The summed E-state index contributed by atoms with van der Waals surface area (Å²) in [4.78, 5) is 30.2. The van der Waals surface area contributed by atoms with E-state index in [0.717, 1.165) is 56.5 Å². The van der Waals surface area contributed by atoms with Gasteiger partial charge in [-0.05, 0) is 36.8 Å². The van der Waals surface area contributed by atoms with E-state index >= 15 is 0 Å². The first-order chi connectivity index (χ1) is 14.0. The first kappa shape index (κ1) is 22.2. The Bertz CT molecular complexity index is 685. The van der Waals surface area contributed by atoms with E-state index in [9.17, 15) is 9.59 Å². The normalized spacial score (nSPS) is 21.4. The van der Waals surface area contributed by atoms with Gasteiger partial charge in [0.1, 0.15) is 0 Å². The third-order valence-electron chi connectivity index (χ3n) is 6.55. The molecule has 2 fully saturated rings. The summed E-state index contributed by atoms with van der Waals surface area (Å²) in [5, 5.41) is 3.70. The zero-order chi connectivity index (χ0) is 20.9. The van der Waals surface area contributed by atoms with Crippen LogP contribution in [0.2, 0.25) is 0 Å². The van der Waals surface area contributed by atoms with Crippen molar-refractivity contribution in [1.29, 1.82) is 0 Å². The smallest absolute Gasteiger partial charge is 0.241 e. The molecule has 0 saturated carbocycles. The maximum absolute atomic E-state index is 13.3. The standard InChI is InChI=1S/C23H35N3O2S/c1-4-19(5-2)21(27)25-14-12-23(13-15-25)24-20(11-16-29-3)22(28)26(23)17-18-9-7-6-8-10-18/h6-10,19-20,24H,4-5,11-17H2,1-3H3. The van der Waals surface area contributed by atoms with Gasteiger partial charge in [0, 0.05) is 38.4 Å². The molecule has 1 N–H and O–H groups in total. The highest BCUT2D eigenvalue weighted by Gasteiger charge is 2.51. The largest absolute Gasteiger partial charge is 0.342 e. The Morgan fingerprint density at radius 1 is 1.21 bits per heavy atom. The number of hydrogen-bond acceptors (Lipinski definition) is 4. The van der Waals surface area contributed by atoms with E-state index in [1.165, 1.54) is 0 Å². The van der Waals surface area contributed by atoms with E-state index in [-0.39, 0.29) is 29.4 Å². The van der Waals surface area contributed by atoms with E-state index in [0.29, 0.717) is 6.54 Å². The Morgan fingerprint density at radius 3 is 2.45 bits per heavy atom. The predicted octanol–water partition coefficient (Wildman–Crippen LogP) is 3.50. The monoisotopic (exact) mass is 417 g/mol. The van der Waals surface area contributed by atoms with Crippen molar-refractivity contribution in [3.63, 3.8) is 0 Å². The van der Waals surface area contributed by atoms with Crippen molar-refractivity contribution >= 4 is 23.6 Å². The van der Waals surface area contributed by atoms with Crippen LogP contribution in [0.4, 0.5) is 0 Å². The molecule has 0 aliphatic carbocycles. The lowest BCUT2D eigenvalue weighted by Gasteiger charge is -2.45. The molecule has 0 aromatic heterocycles. The average Bonchev–Trinajstić information content (AvgIpc) is 2.99. The van der Waals surface area contributed by atoms with Crippen LogP contribution >= 0.6 is 11.8 Å². The van der Waals surface area contributed by atoms with Crippen molar-refractivity contribution < 1.29 is 9.59 Å². The molecule has 29 heavy (non-hydrogen) atoms. The molecule has 2 heterocycles. The van der Waals surface area contributed by atoms with Gasteiger partial charge in [-0.1, -0.05) is 44.2 Å². The number of thioether (sulfide) groups is 1. The number of rotatable bonds is 8. The molecule has 1 aromatic carbocycles. The van der Waals surface area contributed by atoms with Crippen LogP contribution in [-0.4, -0.2) is 58.4 Å². The Morgan fingerprint density at radius 2 is 1.86 bits per heavy atom. The maximum Gasteiger partial charge on any atom is 0.241 e. The fourth-order valence-electron chi connectivity index (χ4n) is 4.70. The van der Waals surface area contributed by atoms with Crippen LogP contribution < -0.4 is 5.32 Å². The van der Waals surface area contributed by atoms with Crippen LogP contribution in [-0.2, 0) is 16.1 Å². The van der Waals surface area contributed by atoms with Crippen LogP contribution in [0.1, 0.15) is 51.5 Å². The molecule has 2 saturated heterocycles. The van der Waals surface area contributed by atoms with E-state index in [1.807, 2.05) is 23.1 Å². The quantitative estimate of drug-likeness (QED) is 0.703. The summed E-state index contributed by atoms with van der Waals surface area (Å²) in [5.74, 6) is 1.58. The number of carbonyl (C=O) groups is 2. The van der Waals surface area contributed by atoms with Gasteiger partial charge in [0.2, 0.25) is 11.8 Å². The van der Waals surface area contributed by atoms with Gasteiger partial charge in [0.05, 0.1) is 11.7 Å². The molecule has 5 nitrogen and oxygen atoms in total. The van der Waals surface area contributed by atoms with E-state index < -0.39 is 0 Å². The molecule has 1 unspecified atom stereocenters. The SMILES string of the molecule is CCC(CC)C(=O)N1CCC2(CC1)NC(CCSC)C(=O)N2Cc1ccccc1. The Hall–Kier alpha value is -1.53. The van der Waals surface area contributed by atoms with Gasteiger partial charge in [-0.25, -0.2) is 0 Å². The van der Waals surface area contributed by atoms with Crippen molar-refractivity contribution in [2.24, 2.45) is 5.92 Å². The molecular formula is C23H35N3O2S. The summed E-state index contributed by atoms with van der Waals surface area (Å²) in [5.41, 5.74) is 0.823. The molecule has 0 radical (unpaired) electrons. The van der Waals surface area contributed by atoms with Gasteiger partial charge in [0.25, 0.3) is 0 Å². The highest BCUT2D eigenvalue weighted by Crippen LogP contribution is 2.35. The summed E-state index contributed by atoms with van der Waals surface area (Å²) in [7, 11) is 0. The molecule has 1 atom stereocenters. The summed E-state index contributed by atoms with van der Waals surface area (Å²) >= 11 is 1.78. The van der Waals surface area contributed by atoms with Crippen LogP contribution in [0, 0.1) is 5.92 Å². The summed E-state index contributed by atoms with van der Waals surface area (Å²) in [6.45, 7) is 6.24. The Labute approximate surface area is 179 Å². The first-order valence-electron chi connectivity index (χ1n) is 11.0. The van der Waals surface area contributed by atoms with Crippen molar-refractivity contribution in [2.45, 2.75) is 64.2 Å². The van der Waals surface area contributed by atoms with Gasteiger partial charge in [-0.3, -0.25) is 14.9 Å². The van der Waals surface area contributed by atoms with Crippen molar-refractivity contribution in [3.05, 3.63) is 35.9 Å². The van der Waals surface area contributed by atoms with Crippen LogP contribution in [0.15, 0.2) is 30.3 Å².